The molecular formula is C18H22N4O3. The Balaban J connectivity index is 1.44. The summed E-state index contributed by atoms with van der Waals surface area (Å²) in [4.78, 5) is 14.9. The predicted molar refractivity (Wildman–Crippen MR) is 91.5 cm³/mol. The van der Waals surface area contributed by atoms with Crippen molar-refractivity contribution in [2.24, 2.45) is 0 Å². The lowest BCUT2D eigenvalue weighted by molar-refractivity contribution is -0.0772. The van der Waals surface area contributed by atoms with E-state index in [-0.39, 0.29) is 18.2 Å². The van der Waals surface area contributed by atoms with Gasteiger partial charge in [0.25, 0.3) is 0 Å². The summed E-state index contributed by atoms with van der Waals surface area (Å²) in [5.74, 6) is 1.47. The van der Waals surface area contributed by atoms with Gasteiger partial charge in [0, 0.05) is 25.0 Å². The maximum absolute atomic E-state index is 6.14. The minimum atomic E-state index is 0.0615. The van der Waals surface area contributed by atoms with Crippen molar-refractivity contribution >= 4 is 5.82 Å². The second kappa shape index (κ2) is 7.33. The van der Waals surface area contributed by atoms with Crippen LogP contribution in [0.25, 0.3) is 0 Å². The highest BCUT2D eigenvalue weighted by atomic mass is 16.5. The largest absolute Gasteiger partial charge is 0.481 e. The summed E-state index contributed by atoms with van der Waals surface area (Å²) >= 11 is 0. The average molecular weight is 342 g/mol. The van der Waals surface area contributed by atoms with E-state index in [4.69, 9.17) is 14.2 Å². The molecule has 132 valence electrons. The first kappa shape index (κ1) is 16.2. The van der Waals surface area contributed by atoms with Gasteiger partial charge in [-0.3, -0.25) is 4.98 Å². The van der Waals surface area contributed by atoms with Gasteiger partial charge in [-0.1, -0.05) is 6.07 Å². The van der Waals surface area contributed by atoms with Crippen molar-refractivity contribution in [2.75, 3.05) is 25.2 Å². The third kappa shape index (κ3) is 3.43. The SMILES string of the molecule is COc1cc(N2CCO[C@H]3[C@H](OCc4cccnc4)CC[C@@H]32)ncn1. The zero-order chi connectivity index (χ0) is 17.1. The number of anilines is 1. The normalized spacial score (nSPS) is 25.6. The zero-order valence-electron chi connectivity index (χ0n) is 14.2. The summed E-state index contributed by atoms with van der Waals surface area (Å²) in [5.41, 5.74) is 1.08. The smallest absolute Gasteiger partial charge is 0.218 e. The number of pyridine rings is 1. The Hall–Kier alpha value is -2.25. The molecule has 1 saturated carbocycles. The number of methoxy groups -OCH3 is 1. The van der Waals surface area contributed by atoms with Crippen LogP contribution in [0, 0.1) is 0 Å². The van der Waals surface area contributed by atoms with Crippen LogP contribution in [0.4, 0.5) is 5.82 Å². The Morgan fingerprint density at radius 3 is 3.12 bits per heavy atom. The fraction of sp³-hybridized carbons (Fsp3) is 0.500. The molecule has 0 aromatic carbocycles. The van der Waals surface area contributed by atoms with E-state index in [9.17, 15) is 0 Å². The number of nitrogens with zero attached hydrogens (tertiary/aromatic N) is 4. The van der Waals surface area contributed by atoms with Crippen molar-refractivity contribution in [3.05, 3.63) is 42.5 Å². The highest BCUT2D eigenvalue weighted by Gasteiger charge is 2.44. The van der Waals surface area contributed by atoms with Crippen LogP contribution in [0.1, 0.15) is 18.4 Å². The second-order valence-corrected chi connectivity index (χ2v) is 6.30. The molecule has 0 spiro atoms. The predicted octanol–water partition coefficient (Wildman–Crippen LogP) is 1.83. The van der Waals surface area contributed by atoms with E-state index < -0.39 is 0 Å². The number of morpholine rings is 1. The Labute approximate surface area is 147 Å². The molecule has 0 amide bonds. The van der Waals surface area contributed by atoms with Gasteiger partial charge >= 0.3 is 0 Å². The van der Waals surface area contributed by atoms with Crippen LogP contribution in [0.2, 0.25) is 0 Å². The molecule has 3 atom stereocenters. The highest BCUT2D eigenvalue weighted by Crippen LogP contribution is 2.35. The second-order valence-electron chi connectivity index (χ2n) is 6.30. The molecule has 7 nitrogen and oxygen atoms in total. The first-order chi connectivity index (χ1) is 12.3. The lowest BCUT2D eigenvalue weighted by Gasteiger charge is -2.39. The Morgan fingerprint density at radius 1 is 1.32 bits per heavy atom. The van der Waals surface area contributed by atoms with E-state index in [0.717, 1.165) is 30.8 Å². The van der Waals surface area contributed by atoms with E-state index in [0.29, 0.717) is 19.1 Å². The summed E-state index contributed by atoms with van der Waals surface area (Å²) in [6.45, 7) is 2.04. The van der Waals surface area contributed by atoms with Gasteiger partial charge in [-0.2, -0.15) is 0 Å². The van der Waals surface area contributed by atoms with Crippen LogP contribution in [-0.2, 0) is 16.1 Å². The van der Waals surface area contributed by atoms with Gasteiger partial charge in [0.1, 0.15) is 18.2 Å². The summed E-state index contributed by atoms with van der Waals surface area (Å²) in [6.07, 6.45) is 7.32. The molecule has 1 aliphatic carbocycles. The third-order valence-corrected chi connectivity index (χ3v) is 4.85. The minimum absolute atomic E-state index is 0.0615. The summed E-state index contributed by atoms with van der Waals surface area (Å²) in [6, 6.07) is 6.11. The molecule has 0 N–H and O–H groups in total. The molecule has 2 aromatic rings. The van der Waals surface area contributed by atoms with Crippen molar-refractivity contribution in [1.29, 1.82) is 0 Å². The van der Waals surface area contributed by atoms with E-state index in [1.165, 1.54) is 0 Å². The first-order valence-corrected chi connectivity index (χ1v) is 8.60. The lowest BCUT2D eigenvalue weighted by Crippen LogP contribution is -2.52. The Kier molecular flexibility index (Phi) is 4.76. The fourth-order valence-electron chi connectivity index (χ4n) is 3.66. The van der Waals surface area contributed by atoms with Crippen LogP contribution in [0.15, 0.2) is 36.9 Å². The van der Waals surface area contributed by atoms with E-state index >= 15 is 0 Å². The van der Waals surface area contributed by atoms with Gasteiger partial charge in [-0.05, 0) is 24.5 Å². The van der Waals surface area contributed by atoms with Gasteiger partial charge in [-0.15, -0.1) is 0 Å². The quantitative estimate of drug-likeness (QED) is 0.821. The van der Waals surface area contributed by atoms with Crippen molar-refractivity contribution in [1.82, 2.24) is 15.0 Å². The van der Waals surface area contributed by atoms with Gasteiger partial charge in [0.15, 0.2) is 0 Å². The fourth-order valence-corrected chi connectivity index (χ4v) is 3.66. The molecule has 25 heavy (non-hydrogen) atoms. The summed E-state index contributed by atoms with van der Waals surface area (Å²) in [7, 11) is 1.62. The number of aromatic nitrogens is 3. The van der Waals surface area contributed by atoms with Gasteiger partial charge in [0.05, 0.1) is 32.5 Å². The van der Waals surface area contributed by atoms with Crippen LogP contribution < -0.4 is 9.64 Å². The molecule has 1 aliphatic heterocycles. The van der Waals surface area contributed by atoms with Gasteiger partial charge < -0.3 is 19.1 Å². The Morgan fingerprint density at radius 2 is 2.28 bits per heavy atom. The molecule has 3 heterocycles. The number of rotatable bonds is 5. The molecule has 0 radical (unpaired) electrons. The van der Waals surface area contributed by atoms with Crippen molar-refractivity contribution in [3.8, 4) is 5.88 Å². The van der Waals surface area contributed by atoms with Gasteiger partial charge in [-0.25, -0.2) is 9.97 Å². The van der Waals surface area contributed by atoms with E-state index in [2.05, 4.69) is 19.9 Å². The average Bonchev–Trinajstić information content (AvgIpc) is 3.10. The van der Waals surface area contributed by atoms with Crippen molar-refractivity contribution in [3.63, 3.8) is 0 Å². The maximum atomic E-state index is 6.14. The summed E-state index contributed by atoms with van der Waals surface area (Å²) in [5, 5.41) is 0. The third-order valence-electron chi connectivity index (χ3n) is 4.85. The minimum Gasteiger partial charge on any atom is -0.481 e. The van der Waals surface area contributed by atoms with Crippen LogP contribution in [-0.4, -0.2) is 53.5 Å². The standard InChI is InChI=1S/C18H22N4O3/c1-23-17-9-16(20-12-21-17)22-7-8-24-18-14(22)4-5-15(18)25-11-13-3-2-6-19-10-13/h2-3,6,9-10,12,14-15,18H,4-5,7-8,11H2,1H3/t14-,15+,18+/m0/s1. The molecule has 0 unspecified atom stereocenters. The molecule has 2 aliphatic rings. The molecule has 7 heteroatoms. The number of ether oxygens (including phenoxy) is 3. The Bertz CT molecular complexity index is 700. The van der Waals surface area contributed by atoms with Crippen LogP contribution in [0.5, 0.6) is 5.88 Å². The molecule has 0 bridgehead atoms. The van der Waals surface area contributed by atoms with Crippen molar-refractivity contribution < 1.29 is 14.2 Å². The summed E-state index contributed by atoms with van der Waals surface area (Å²) < 4.78 is 17.4. The van der Waals surface area contributed by atoms with E-state index in [1.807, 2.05) is 24.4 Å². The van der Waals surface area contributed by atoms with Crippen LogP contribution in [0.3, 0.4) is 0 Å². The first-order valence-electron chi connectivity index (χ1n) is 8.60. The topological polar surface area (TPSA) is 69.6 Å². The van der Waals surface area contributed by atoms with E-state index in [1.54, 1.807) is 19.6 Å². The monoisotopic (exact) mass is 342 g/mol. The molecule has 4 rings (SSSR count). The highest BCUT2D eigenvalue weighted by molar-refractivity contribution is 5.43. The maximum Gasteiger partial charge on any atom is 0.218 e. The number of hydrogen-bond donors (Lipinski definition) is 0. The molecular weight excluding hydrogens is 320 g/mol. The molecule has 2 fully saturated rings. The number of hydrogen-bond acceptors (Lipinski definition) is 7. The van der Waals surface area contributed by atoms with Gasteiger partial charge in [0.2, 0.25) is 5.88 Å². The van der Waals surface area contributed by atoms with Crippen molar-refractivity contribution in [2.45, 2.75) is 37.7 Å². The molecule has 2 aromatic heterocycles. The van der Waals surface area contributed by atoms with Crippen LogP contribution >= 0.6 is 0 Å². The molecule has 1 saturated heterocycles. The number of fused-ring (bicyclic) bond motifs is 1. The zero-order valence-corrected chi connectivity index (χ0v) is 14.2. The lowest BCUT2D eigenvalue weighted by atomic mass is 10.1.